The zero-order valence-electron chi connectivity index (χ0n) is 27.5. The van der Waals surface area contributed by atoms with Gasteiger partial charge in [-0.2, -0.15) is 15.3 Å². The molecule has 54 heavy (non-hydrogen) atoms. The minimum atomic E-state index is -5.21. The van der Waals surface area contributed by atoms with Crippen molar-refractivity contribution in [1.82, 2.24) is 0 Å². The molecule has 0 bridgehead atoms. The lowest BCUT2D eigenvalue weighted by Crippen LogP contribution is -2.27. The molecular weight excluding hydrogens is 739 g/mol. The van der Waals surface area contributed by atoms with Crippen molar-refractivity contribution in [3.63, 3.8) is 0 Å². The number of azo groups is 1. The van der Waals surface area contributed by atoms with E-state index in [0.717, 1.165) is 18.2 Å². The minimum absolute atomic E-state index is 0.0185. The summed E-state index contributed by atoms with van der Waals surface area (Å²) in [6.45, 7) is 0. The van der Waals surface area contributed by atoms with Gasteiger partial charge < -0.3 is 25.5 Å². The van der Waals surface area contributed by atoms with Crippen molar-refractivity contribution in [2.24, 2.45) is 15.3 Å². The Balaban J connectivity index is 1.15. The van der Waals surface area contributed by atoms with Crippen LogP contribution in [0.1, 0.15) is 36.6 Å². The predicted molar refractivity (Wildman–Crippen MR) is 198 cm³/mol. The Morgan fingerprint density at radius 2 is 1.20 bits per heavy atom. The van der Waals surface area contributed by atoms with E-state index in [-0.39, 0.29) is 28.1 Å². The first-order valence-electron chi connectivity index (χ1n) is 15.5. The Kier molecular flexibility index (Phi) is 10.3. The molecule has 0 saturated carbocycles. The first-order valence-corrected chi connectivity index (χ1v) is 18.3. The number of carbonyl (C=O) groups is 3. The normalized spacial score (nSPS) is 13.6. The Morgan fingerprint density at radius 3 is 1.81 bits per heavy atom. The number of benzene rings is 5. The number of allylic oxidation sites excluding steroid dienone is 1. The van der Waals surface area contributed by atoms with E-state index in [1.165, 1.54) is 66.7 Å². The Labute approximate surface area is 307 Å². The molecule has 0 aromatic heterocycles. The van der Waals surface area contributed by atoms with Crippen LogP contribution < -0.4 is 21.8 Å². The number of nitrogens with two attached hydrogens (primary N) is 1. The lowest BCUT2D eigenvalue weighted by Gasteiger charge is -2.20. The molecule has 0 saturated heterocycles. The number of hydrogen-bond donors (Lipinski definition) is 4. The van der Waals surface area contributed by atoms with E-state index in [4.69, 9.17) is 5.73 Å². The second-order valence-corrected chi connectivity index (χ2v) is 14.2. The second kappa shape index (κ2) is 15.0. The summed E-state index contributed by atoms with van der Waals surface area (Å²) in [5.41, 5.74) is 10.1. The average molecular weight is 764 g/mol. The first-order chi connectivity index (χ1) is 25.6. The zero-order valence-corrected chi connectivity index (χ0v) is 29.1. The molecule has 0 unspecified atom stereocenters. The van der Waals surface area contributed by atoms with Crippen LogP contribution >= 0.6 is 0 Å². The van der Waals surface area contributed by atoms with Crippen molar-refractivity contribution in [2.75, 3.05) is 21.8 Å². The average Bonchev–Trinajstić information content (AvgIpc) is 3.13. The fraction of sp³-hybridized carbons (Fsp3) is 0. The highest BCUT2D eigenvalue weighted by Crippen LogP contribution is 2.29. The molecule has 5 N–H and O–H groups in total. The van der Waals surface area contributed by atoms with E-state index < -0.39 is 53.3 Å². The van der Waals surface area contributed by atoms with Gasteiger partial charge >= 0.3 is 0 Å². The van der Waals surface area contributed by atoms with Gasteiger partial charge in [0, 0.05) is 33.8 Å². The van der Waals surface area contributed by atoms with Crippen molar-refractivity contribution >= 4 is 83.7 Å². The Morgan fingerprint density at radius 1 is 0.630 bits per heavy atom. The van der Waals surface area contributed by atoms with Crippen LogP contribution in [0.2, 0.25) is 0 Å². The molecule has 18 heteroatoms. The molecule has 0 atom stereocenters. The Bertz CT molecular complexity index is 2620. The van der Waals surface area contributed by atoms with Crippen molar-refractivity contribution in [2.45, 2.75) is 4.90 Å². The van der Waals surface area contributed by atoms with E-state index >= 15 is 0 Å². The van der Waals surface area contributed by atoms with Crippen LogP contribution in [0.3, 0.4) is 0 Å². The van der Waals surface area contributed by atoms with E-state index in [9.17, 15) is 40.3 Å². The summed E-state index contributed by atoms with van der Waals surface area (Å²) >= 11 is 0. The van der Waals surface area contributed by atoms with E-state index in [0.29, 0.717) is 28.3 Å². The summed E-state index contributed by atoms with van der Waals surface area (Å²) in [5.74, 6) is -1.85. The van der Waals surface area contributed by atoms with Gasteiger partial charge in [-0.1, -0.05) is 6.07 Å². The van der Waals surface area contributed by atoms with Crippen molar-refractivity contribution in [3.05, 3.63) is 142 Å². The highest BCUT2D eigenvalue weighted by molar-refractivity contribution is 7.91. The maximum absolute atomic E-state index is 13.4. The third-order valence-electron chi connectivity index (χ3n) is 7.68. The van der Waals surface area contributed by atoms with Crippen molar-refractivity contribution in [3.8, 4) is 0 Å². The highest BCUT2D eigenvalue weighted by atomic mass is 32.2. The van der Waals surface area contributed by atoms with Crippen LogP contribution in [-0.4, -0.2) is 49.3 Å². The molecule has 272 valence electrons. The number of nitrogen functional groups attached to an aromatic ring is 1. The van der Waals surface area contributed by atoms with Crippen LogP contribution in [0.4, 0.5) is 34.1 Å². The molecule has 16 nitrogen and oxygen atoms in total. The fourth-order valence-electron chi connectivity index (χ4n) is 5.01. The first kappa shape index (κ1) is 36.9. The predicted octanol–water partition coefficient (Wildman–Crippen LogP) is 5.64. The SMILES string of the molecule is Nc1ccc(C(=O)Nc2cccc(C(=O)Nc3ccc4c(c3)C=C(S(=O)(=O)[O-])C(=NNc3ccc(N=Nc5ccc(S(=O)(=O)[O-])cc5)cc3)C4=O)c2)cc1. The van der Waals surface area contributed by atoms with E-state index in [1.807, 2.05) is 0 Å². The van der Waals surface area contributed by atoms with Gasteiger partial charge in [0.2, 0.25) is 5.78 Å². The van der Waals surface area contributed by atoms with Gasteiger partial charge in [-0.25, -0.2) is 16.8 Å². The van der Waals surface area contributed by atoms with Crippen LogP contribution in [-0.2, 0) is 20.2 Å². The Hall–Kier alpha value is -6.86. The molecule has 1 aliphatic rings. The summed E-state index contributed by atoms with van der Waals surface area (Å²) in [5, 5.41) is 17.3. The highest BCUT2D eigenvalue weighted by Gasteiger charge is 2.30. The lowest BCUT2D eigenvalue weighted by molar-refractivity contribution is 0.101. The largest absolute Gasteiger partial charge is 0.744 e. The number of carbonyl (C=O) groups excluding carboxylic acids is 3. The molecule has 5 aromatic carbocycles. The molecule has 0 radical (unpaired) electrons. The lowest BCUT2D eigenvalue weighted by atomic mass is 9.94. The van der Waals surface area contributed by atoms with Crippen LogP contribution in [0.25, 0.3) is 6.08 Å². The quantitative estimate of drug-likeness (QED) is 0.0585. The molecule has 0 fully saturated rings. The fourth-order valence-corrected chi connectivity index (χ4v) is 6.13. The molecule has 1 aliphatic carbocycles. The number of Topliss-reactive ketones (excluding diaryl/α,β-unsaturated/α-hetero) is 1. The molecule has 6 rings (SSSR count). The number of nitrogens with zero attached hydrogens (tertiary/aromatic N) is 3. The van der Waals surface area contributed by atoms with Gasteiger partial charge in [0.25, 0.3) is 11.8 Å². The monoisotopic (exact) mass is 763 g/mol. The van der Waals surface area contributed by atoms with Gasteiger partial charge in [0.05, 0.1) is 26.9 Å². The molecule has 0 heterocycles. The molecule has 5 aromatic rings. The topological polar surface area (TPSA) is 265 Å². The summed E-state index contributed by atoms with van der Waals surface area (Å²) in [4.78, 5) is 37.9. The molecular formula is C36H25N7O9S2-2. The number of nitrogens with one attached hydrogen (secondary N) is 3. The van der Waals surface area contributed by atoms with Crippen LogP contribution in [0.15, 0.2) is 140 Å². The minimum Gasteiger partial charge on any atom is -0.744 e. The maximum Gasteiger partial charge on any atom is 0.255 e. The molecule has 2 amide bonds. The van der Waals surface area contributed by atoms with Crippen LogP contribution in [0, 0.1) is 0 Å². The smallest absolute Gasteiger partial charge is 0.255 e. The van der Waals surface area contributed by atoms with Gasteiger partial charge in [-0.15, -0.1) is 0 Å². The standard InChI is InChI=1S/C36H27N7O9S2/c37-24-6-4-21(5-7-24)35(45)38-28-3-1-2-22(18-28)36(46)39-29-14-17-31-23(19-29)20-32(54(50,51)52)33(34(31)44)43-42-26-10-8-25(9-11-26)40-41-27-12-15-30(16-13-27)53(47,48)49/h1-20,42H,37H2,(H,38,45)(H,39,46)(H,47,48,49)(H,50,51,52)/p-2. The van der Waals surface area contributed by atoms with Crippen molar-refractivity contribution < 1.29 is 40.3 Å². The number of hydrogen-bond acceptors (Lipinski definition) is 14. The zero-order chi connectivity index (χ0) is 38.6. The van der Waals surface area contributed by atoms with E-state index in [2.05, 4.69) is 31.4 Å². The second-order valence-electron chi connectivity index (χ2n) is 11.5. The van der Waals surface area contributed by atoms with Gasteiger partial charge in [-0.3, -0.25) is 19.8 Å². The van der Waals surface area contributed by atoms with Gasteiger partial charge in [-0.05, 0) is 121 Å². The maximum atomic E-state index is 13.4. The van der Waals surface area contributed by atoms with Crippen molar-refractivity contribution in [1.29, 1.82) is 0 Å². The number of fused-ring (bicyclic) bond motifs is 1. The van der Waals surface area contributed by atoms with Gasteiger partial charge in [0.15, 0.2) is 0 Å². The number of rotatable bonds is 10. The number of anilines is 4. The van der Waals surface area contributed by atoms with E-state index in [1.54, 1.807) is 36.4 Å². The summed E-state index contributed by atoms with van der Waals surface area (Å²) in [6, 6.07) is 27.3. The molecule has 0 spiro atoms. The number of ketones is 1. The molecule has 0 aliphatic heterocycles. The third kappa shape index (κ3) is 8.77. The number of hydrazone groups is 1. The number of amides is 2. The summed E-state index contributed by atoms with van der Waals surface area (Å²) < 4.78 is 70.1. The van der Waals surface area contributed by atoms with Gasteiger partial charge in [0.1, 0.15) is 25.9 Å². The third-order valence-corrected chi connectivity index (χ3v) is 9.38. The van der Waals surface area contributed by atoms with Crippen LogP contribution in [0.5, 0.6) is 0 Å². The summed E-state index contributed by atoms with van der Waals surface area (Å²) in [6.07, 6.45) is 0.991. The summed E-state index contributed by atoms with van der Waals surface area (Å²) in [7, 11) is -9.81.